The molecule has 5 nitrogen and oxygen atoms in total. The highest BCUT2D eigenvalue weighted by molar-refractivity contribution is 7.92. The van der Waals surface area contributed by atoms with Crippen LogP contribution in [0.2, 0.25) is 0 Å². The Kier molecular flexibility index (Phi) is 3.88. The fourth-order valence-electron chi connectivity index (χ4n) is 3.23. The Morgan fingerprint density at radius 3 is 2.40 bits per heavy atom. The van der Waals surface area contributed by atoms with Gasteiger partial charge in [-0.05, 0) is 36.8 Å². The number of sulfone groups is 1. The summed E-state index contributed by atoms with van der Waals surface area (Å²) in [6, 6.07) is 12.7. The van der Waals surface area contributed by atoms with E-state index in [1.54, 1.807) is 25.1 Å². The molecule has 1 aliphatic carbocycles. The molecule has 7 heteroatoms. The molecule has 1 N–H and O–H groups in total. The van der Waals surface area contributed by atoms with Crippen molar-refractivity contribution in [3.05, 3.63) is 65.5 Å². The summed E-state index contributed by atoms with van der Waals surface area (Å²) < 4.78 is 39.4. The van der Waals surface area contributed by atoms with E-state index in [1.807, 2.05) is 0 Å². The minimum atomic E-state index is -4.08. The van der Waals surface area contributed by atoms with Crippen LogP contribution in [0, 0.1) is 29.5 Å². The molecule has 1 aliphatic rings. The van der Waals surface area contributed by atoms with E-state index in [1.165, 1.54) is 30.3 Å². The lowest BCUT2D eigenvalue weighted by atomic mass is 10.0. The highest BCUT2D eigenvalue weighted by atomic mass is 32.2. The molecule has 128 valence electrons. The summed E-state index contributed by atoms with van der Waals surface area (Å²) in [5.41, 5.74) is -1.09. The molecule has 3 atom stereocenters. The van der Waals surface area contributed by atoms with Gasteiger partial charge in [0.25, 0.3) is 0 Å². The summed E-state index contributed by atoms with van der Waals surface area (Å²) in [6.45, 7) is 1.79. The van der Waals surface area contributed by atoms with Crippen LogP contribution < -0.4 is 0 Å². The van der Waals surface area contributed by atoms with Crippen molar-refractivity contribution < 1.29 is 22.7 Å². The fraction of sp³-hybridized carbons (Fsp3) is 0.222. The van der Waals surface area contributed by atoms with Gasteiger partial charge >= 0.3 is 5.97 Å². The third kappa shape index (κ3) is 2.50. The van der Waals surface area contributed by atoms with Crippen molar-refractivity contribution in [2.45, 2.75) is 23.0 Å². The Labute approximate surface area is 144 Å². The number of halogens is 1. The molecule has 3 rings (SSSR count). The molecular formula is C18H14FNO4S. The second kappa shape index (κ2) is 5.67. The first-order valence-electron chi connectivity index (χ1n) is 7.46. The molecule has 0 aliphatic heterocycles. The molecule has 25 heavy (non-hydrogen) atoms. The van der Waals surface area contributed by atoms with Crippen molar-refractivity contribution in [2.24, 2.45) is 5.41 Å². The van der Waals surface area contributed by atoms with Gasteiger partial charge in [0.1, 0.15) is 11.1 Å². The zero-order valence-electron chi connectivity index (χ0n) is 13.2. The van der Waals surface area contributed by atoms with Crippen molar-refractivity contribution in [2.75, 3.05) is 0 Å². The Bertz CT molecular complexity index is 994. The Balaban J connectivity index is 2.14. The number of nitrogens with zero attached hydrogens (tertiary/aromatic N) is 1. The molecule has 2 aromatic rings. The summed E-state index contributed by atoms with van der Waals surface area (Å²) in [5.74, 6) is -3.27. The van der Waals surface area contributed by atoms with E-state index in [9.17, 15) is 28.0 Å². The molecule has 0 spiro atoms. The van der Waals surface area contributed by atoms with Gasteiger partial charge in [-0.3, -0.25) is 4.79 Å². The molecule has 1 fully saturated rings. The number of nitriles is 1. The van der Waals surface area contributed by atoms with E-state index >= 15 is 0 Å². The van der Waals surface area contributed by atoms with Crippen LogP contribution in [-0.2, 0) is 14.6 Å². The molecule has 0 heterocycles. The van der Waals surface area contributed by atoms with Crippen molar-refractivity contribution >= 4 is 15.8 Å². The predicted octanol–water partition coefficient (Wildman–Crippen LogP) is 2.67. The number of benzene rings is 2. The second-order valence-electron chi connectivity index (χ2n) is 6.10. The van der Waals surface area contributed by atoms with Gasteiger partial charge in [0.2, 0.25) is 0 Å². The van der Waals surface area contributed by atoms with Crippen LogP contribution in [0.15, 0.2) is 53.4 Å². The first-order valence-corrected chi connectivity index (χ1v) is 9.00. The smallest absolute Gasteiger partial charge is 0.326 e. The van der Waals surface area contributed by atoms with Crippen LogP contribution in [0.25, 0.3) is 0 Å². The number of carboxylic acids is 1. The highest BCUT2D eigenvalue weighted by Crippen LogP contribution is 2.64. The van der Waals surface area contributed by atoms with Crippen LogP contribution in [0.4, 0.5) is 4.39 Å². The maximum atomic E-state index is 13.5. The standard InChI is InChI=1S/C18H14FNO4S/c1-11-5-7-14(8-6-11)25(23,24)16-15(18(16,10-20)17(21)22)12-3-2-4-13(19)9-12/h2-9,15-16H,1H3,(H,21,22)/t15-,16+,18-/m0/s1. The minimum Gasteiger partial charge on any atom is -0.480 e. The van der Waals surface area contributed by atoms with Crippen molar-refractivity contribution in [1.82, 2.24) is 0 Å². The van der Waals surface area contributed by atoms with E-state index < -0.39 is 38.2 Å². The molecule has 0 amide bonds. The number of carboxylic acid groups (broad SMARTS) is 1. The summed E-state index contributed by atoms with van der Waals surface area (Å²) in [7, 11) is -4.08. The van der Waals surface area contributed by atoms with Gasteiger partial charge in [-0.15, -0.1) is 0 Å². The van der Waals surface area contributed by atoms with E-state index in [-0.39, 0.29) is 10.5 Å². The van der Waals surface area contributed by atoms with E-state index in [0.717, 1.165) is 11.6 Å². The number of hydrogen-bond acceptors (Lipinski definition) is 4. The lowest BCUT2D eigenvalue weighted by molar-refractivity contribution is -0.141. The average Bonchev–Trinajstić information content (AvgIpc) is 3.27. The summed E-state index contributed by atoms with van der Waals surface area (Å²) in [6.07, 6.45) is 0. The third-order valence-corrected chi connectivity index (χ3v) is 6.81. The fourth-order valence-corrected chi connectivity index (χ4v) is 5.48. The van der Waals surface area contributed by atoms with E-state index in [4.69, 9.17) is 0 Å². The van der Waals surface area contributed by atoms with Gasteiger partial charge in [0.05, 0.1) is 11.0 Å². The first-order chi connectivity index (χ1) is 11.7. The van der Waals surface area contributed by atoms with Crippen LogP contribution in [0.1, 0.15) is 17.0 Å². The van der Waals surface area contributed by atoms with Crippen molar-refractivity contribution in [1.29, 1.82) is 5.26 Å². The summed E-state index contributed by atoms with van der Waals surface area (Å²) in [4.78, 5) is 11.7. The van der Waals surface area contributed by atoms with E-state index in [0.29, 0.717) is 0 Å². The zero-order valence-corrected chi connectivity index (χ0v) is 14.0. The Morgan fingerprint density at radius 1 is 1.24 bits per heavy atom. The minimum absolute atomic E-state index is 0.0529. The Hall–Kier alpha value is -2.72. The largest absolute Gasteiger partial charge is 0.480 e. The number of hydrogen-bond donors (Lipinski definition) is 1. The monoisotopic (exact) mass is 359 g/mol. The second-order valence-corrected chi connectivity index (χ2v) is 8.17. The number of rotatable bonds is 4. The quantitative estimate of drug-likeness (QED) is 0.905. The van der Waals surface area contributed by atoms with Gasteiger partial charge < -0.3 is 5.11 Å². The average molecular weight is 359 g/mol. The maximum Gasteiger partial charge on any atom is 0.326 e. The number of carbonyl (C=O) groups is 1. The lowest BCUT2D eigenvalue weighted by Crippen LogP contribution is -2.22. The van der Waals surface area contributed by atoms with E-state index in [2.05, 4.69) is 0 Å². The lowest BCUT2D eigenvalue weighted by Gasteiger charge is -2.05. The third-order valence-electron chi connectivity index (χ3n) is 4.56. The van der Waals surface area contributed by atoms with Gasteiger partial charge in [-0.1, -0.05) is 29.8 Å². The highest BCUT2D eigenvalue weighted by Gasteiger charge is 2.77. The topological polar surface area (TPSA) is 95.2 Å². The molecule has 2 aromatic carbocycles. The molecule has 0 bridgehead atoms. The van der Waals surface area contributed by atoms with Gasteiger partial charge in [0, 0.05) is 5.92 Å². The molecule has 0 unspecified atom stereocenters. The first kappa shape index (κ1) is 17.1. The number of aryl methyl sites for hydroxylation is 1. The van der Waals surface area contributed by atoms with Crippen molar-refractivity contribution in [3.63, 3.8) is 0 Å². The van der Waals surface area contributed by atoms with Gasteiger partial charge in [-0.25, -0.2) is 12.8 Å². The van der Waals surface area contributed by atoms with Gasteiger partial charge in [0.15, 0.2) is 15.3 Å². The zero-order chi connectivity index (χ0) is 18.4. The molecular weight excluding hydrogens is 345 g/mol. The van der Waals surface area contributed by atoms with Crippen LogP contribution >= 0.6 is 0 Å². The Morgan fingerprint density at radius 2 is 1.88 bits per heavy atom. The molecule has 1 saturated carbocycles. The normalized spacial score (nSPS) is 25.2. The maximum absolute atomic E-state index is 13.5. The SMILES string of the molecule is Cc1ccc(S(=O)(=O)[C@@H]2[C@H](c3cccc(F)c3)[C@]2(C#N)C(=O)O)cc1. The molecule has 0 saturated heterocycles. The van der Waals surface area contributed by atoms with Crippen LogP contribution in [0.5, 0.6) is 0 Å². The summed E-state index contributed by atoms with van der Waals surface area (Å²) in [5, 5.41) is 17.5. The summed E-state index contributed by atoms with van der Waals surface area (Å²) >= 11 is 0. The van der Waals surface area contributed by atoms with Crippen molar-refractivity contribution in [3.8, 4) is 6.07 Å². The molecule has 0 radical (unpaired) electrons. The number of aliphatic carboxylic acids is 1. The van der Waals surface area contributed by atoms with Crippen LogP contribution in [-0.4, -0.2) is 24.7 Å². The van der Waals surface area contributed by atoms with Gasteiger partial charge in [-0.2, -0.15) is 5.26 Å². The molecule has 0 aromatic heterocycles. The predicted molar refractivity (Wildman–Crippen MR) is 87.0 cm³/mol. The van der Waals surface area contributed by atoms with Crippen LogP contribution in [0.3, 0.4) is 0 Å².